The molecule has 0 radical (unpaired) electrons. The maximum absolute atomic E-state index is 9.48. The summed E-state index contributed by atoms with van der Waals surface area (Å²) in [6.07, 6.45) is 8.40. The van der Waals surface area contributed by atoms with E-state index in [0.717, 1.165) is 46.8 Å². The van der Waals surface area contributed by atoms with E-state index in [4.69, 9.17) is 11.6 Å². The molecular weight excluding hydrogens is 432 g/mol. The zero-order valence-corrected chi connectivity index (χ0v) is 17.9. The molecule has 5 heterocycles. The Morgan fingerprint density at radius 1 is 1.35 bits per heavy atom. The minimum Gasteiger partial charge on any atom is -0.362 e. The smallest absolute Gasteiger partial charge is 0.141 e. The van der Waals surface area contributed by atoms with E-state index in [2.05, 4.69) is 37.1 Å². The van der Waals surface area contributed by atoms with Crippen molar-refractivity contribution in [3.05, 3.63) is 47.0 Å². The van der Waals surface area contributed by atoms with E-state index in [1.54, 1.807) is 11.6 Å². The third kappa shape index (κ3) is 3.42. The second kappa shape index (κ2) is 8.03. The predicted molar refractivity (Wildman–Crippen MR) is 119 cm³/mol. The van der Waals surface area contributed by atoms with Crippen molar-refractivity contribution < 1.29 is 0 Å². The summed E-state index contributed by atoms with van der Waals surface area (Å²) >= 11 is 7.64. The van der Waals surface area contributed by atoms with Gasteiger partial charge in [-0.05, 0) is 12.5 Å². The van der Waals surface area contributed by atoms with Gasteiger partial charge in [-0.1, -0.05) is 11.6 Å². The van der Waals surface area contributed by atoms with Crippen LogP contribution in [0.2, 0.25) is 5.02 Å². The standard InChI is InChI=1S/C21H17ClN8S/c22-17-11-31-21(16(17)7-24)29-6-3-13(9-29)18(1-4-23)30-10-14(8-28-30)19-15-2-5-25-20(15)27-12-26-19/h2,5,8,10-13,18H,1,3,6,9H2,(H,25,26,27)/t13-,18-/m0/s1. The van der Waals surface area contributed by atoms with Gasteiger partial charge in [0.05, 0.1) is 35.4 Å². The fraction of sp³-hybridized carbons (Fsp3) is 0.286. The molecule has 0 amide bonds. The highest BCUT2D eigenvalue weighted by atomic mass is 35.5. The van der Waals surface area contributed by atoms with Gasteiger partial charge in [0.2, 0.25) is 0 Å². The molecule has 0 aromatic carbocycles. The maximum atomic E-state index is 9.48. The lowest BCUT2D eigenvalue weighted by Gasteiger charge is -2.23. The Morgan fingerprint density at radius 3 is 3.10 bits per heavy atom. The molecule has 5 rings (SSSR count). The monoisotopic (exact) mass is 448 g/mol. The number of anilines is 1. The van der Waals surface area contributed by atoms with Crippen LogP contribution in [0.15, 0.2) is 36.4 Å². The number of aromatic nitrogens is 5. The number of hydrogen-bond donors (Lipinski definition) is 1. The van der Waals surface area contributed by atoms with Crippen molar-refractivity contribution in [3.63, 3.8) is 0 Å². The first-order valence-electron chi connectivity index (χ1n) is 9.81. The number of rotatable bonds is 5. The van der Waals surface area contributed by atoms with E-state index in [-0.39, 0.29) is 12.0 Å². The number of thiophene rings is 1. The first-order valence-corrected chi connectivity index (χ1v) is 11.1. The van der Waals surface area contributed by atoms with Crippen LogP contribution in [0.1, 0.15) is 24.4 Å². The number of hydrogen-bond acceptors (Lipinski definition) is 7. The van der Waals surface area contributed by atoms with Crippen LogP contribution in [0.25, 0.3) is 22.3 Å². The van der Waals surface area contributed by atoms with Crippen LogP contribution < -0.4 is 4.90 Å². The third-order valence-corrected chi connectivity index (χ3v) is 7.23. The number of H-pyrrole nitrogens is 1. The molecule has 0 aliphatic carbocycles. The number of nitrogens with one attached hydrogen (secondary N) is 1. The molecule has 1 fully saturated rings. The molecule has 8 nitrogen and oxygen atoms in total. The third-order valence-electron chi connectivity index (χ3n) is 5.76. The van der Waals surface area contributed by atoms with Gasteiger partial charge in [-0.2, -0.15) is 15.6 Å². The molecule has 1 aliphatic heterocycles. The van der Waals surface area contributed by atoms with Gasteiger partial charge >= 0.3 is 0 Å². The lowest BCUT2D eigenvalue weighted by Crippen LogP contribution is -2.25. The molecule has 1 aliphatic rings. The molecule has 1 saturated heterocycles. The molecular formula is C21H17ClN8S. The van der Waals surface area contributed by atoms with Gasteiger partial charge in [-0.3, -0.25) is 4.68 Å². The number of aromatic amines is 1. The first-order chi connectivity index (χ1) is 15.2. The summed E-state index contributed by atoms with van der Waals surface area (Å²) in [5.74, 6) is 0.234. The van der Waals surface area contributed by atoms with E-state index in [0.29, 0.717) is 17.0 Å². The topological polar surface area (TPSA) is 110 Å². The minimum absolute atomic E-state index is 0.0618. The lowest BCUT2D eigenvalue weighted by atomic mass is 9.96. The highest BCUT2D eigenvalue weighted by molar-refractivity contribution is 7.15. The second-order valence-electron chi connectivity index (χ2n) is 7.47. The van der Waals surface area contributed by atoms with Crippen molar-refractivity contribution >= 4 is 39.0 Å². The van der Waals surface area contributed by atoms with Gasteiger partial charge < -0.3 is 9.88 Å². The normalized spacial score (nSPS) is 17.0. The minimum atomic E-state index is -0.0618. The van der Waals surface area contributed by atoms with Crippen LogP contribution in [0.5, 0.6) is 0 Å². The summed E-state index contributed by atoms with van der Waals surface area (Å²) in [4.78, 5) is 14.0. The van der Waals surface area contributed by atoms with Crippen LogP contribution in [-0.2, 0) is 0 Å². The van der Waals surface area contributed by atoms with E-state index in [9.17, 15) is 10.5 Å². The second-order valence-corrected chi connectivity index (χ2v) is 8.74. The molecule has 0 saturated carbocycles. The molecule has 0 spiro atoms. The average molecular weight is 449 g/mol. The summed E-state index contributed by atoms with van der Waals surface area (Å²) in [5.41, 5.74) is 3.01. The molecule has 0 bridgehead atoms. The quantitative estimate of drug-likeness (QED) is 0.484. The van der Waals surface area contributed by atoms with Gasteiger partial charge in [0, 0.05) is 47.7 Å². The summed E-state index contributed by atoms with van der Waals surface area (Å²) in [7, 11) is 0. The summed E-state index contributed by atoms with van der Waals surface area (Å²) < 4.78 is 1.89. The zero-order valence-electron chi connectivity index (χ0n) is 16.4. The van der Waals surface area contributed by atoms with Gasteiger partial charge in [0.15, 0.2) is 0 Å². The fourth-order valence-corrected chi connectivity index (χ4v) is 5.50. The highest BCUT2D eigenvalue weighted by Crippen LogP contribution is 2.39. The van der Waals surface area contributed by atoms with Crippen molar-refractivity contribution in [2.45, 2.75) is 18.9 Å². The summed E-state index contributed by atoms with van der Waals surface area (Å²) in [6, 6.07) is 6.41. The maximum Gasteiger partial charge on any atom is 0.141 e. The number of fused-ring (bicyclic) bond motifs is 1. The first kappa shape index (κ1) is 19.6. The largest absolute Gasteiger partial charge is 0.362 e. The van der Waals surface area contributed by atoms with Crippen molar-refractivity contribution in [2.24, 2.45) is 5.92 Å². The van der Waals surface area contributed by atoms with E-state index in [1.165, 1.54) is 17.7 Å². The van der Waals surface area contributed by atoms with Crippen LogP contribution in [0, 0.1) is 28.6 Å². The Balaban J connectivity index is 1.42. The molecule has 4 aromatic rings. The fourth-order valence-electron chi connectivity index (χ4n) is 4.26. The average Bonchev–Trinajstić information content (AvgIpc) is 3.57. The molecule has 10 heteroatoms. The molecule has 31 heavy (non-hydrogen) atoms. The molecule has 1 N–H and O–H groups in total. The summed E-state index contributed by atoms with van der Waals surface area (Å²) in [6.45, 7) is 1.57. The van der Waals surface area contributed by atoms with Gasteiger partial charge in [-0.25, -0.2) is 9.97 Å². The molecule has 4 aromatic heterocycles. The summed E-state index contributed by atoms with van der Waals surface area (Å²) in [5, 5.41) is 27.6. The molecule has 2 atom stereocenters. The Kier molecular flexibility index (Phi) is 5.06. The number of nitriles is 2. The van der Waals surface area contributed by atoms with E-state index >= 15 is 0 Å². The Bertz CT molecular complexity index is 1320. The highest BCUT2D eigenvalue weighted by Gasteiger charge is 2.33. The zero-order chi connectivity index (χ0) is 21.4. The molecule has 0 unspecified atom stereocenters. The Labute approximate surface area is 187 Å². The SMILES string of the molecule is N#CC[C@@H]([C@H]1CCN(c2scc(Cl)c2C#N)C1)n1cc(-c2ncnc3[nH]ccc23)cn1. The van der Waals surface area contributed by atoms with Gasteiger partial charge in [-0.15, -0.1) is 11.3 Å². The van der Waals surface area contributed by atoms with Crippen molar-refractivity contribution in [1.82, 2.24) is 24.7 Å². The van der Waals surface area contributed by atoms with Crippen LogP contribution >= 0.6 is 22.9 Å². The lowest BCUT2D eigenvalue weighted by molar-refractivity contribution is 0.332. The van der Waals surface area contributed by atoms with Gasteiger partial charge in [0.1, 0.15) is 28.6 Å². The number of nitrogens with zero attached hydrogens (tertiary/aromatic N) is 7. The number of halogens is 1. The van der Waals surface area contributed by atoms with Crippen molar-refractivity contribution in [1.29, 1.82) is 10.5 Å². The van der Waals surface area contributed by atoms with Crippen molar-refractivity contribution in [2.75, 3.05) is 18.0 Å². The van der Waals surface area contributed by atoms with Gasteiger partial charge in [0.25, 0.3) is 0 Å². The Hall–Kier alpha value is -3.40. The van der Waals surface area contributed by atoms with Crippen LogP contribution in [0.3, 0.4) is 0 Å². The van der Waals surface area contributed by atoms with Crippen LogP contribution in [0.4, 0.5) is 5.00 Å². The van der Waals surface area contributed by atoms with Crippen molar-refractivity contribution in [3.8, 4) is 23.4 Å². The predicted octanol–water partition coefficient (Wildman–Crippen LogP) is 4.39. The van der Waals surface area contributed by atoms with E-state index in [1.807, 2.05) is 23.1 Å². The Morgan fingerprint density at radius 2 is 2.26 bits per heavy atom. The molecule has 154 valence electrons. The van der Waals surface area contributed by atoms with E-state index < -0.39 is 0 Å². The van der Waals surface area contributed by atoms with Crippen LogP contribution in [-0.4, -0.2) is 37.8 Å².